The molecule has 13 heavy (non-hydrogen) atoms. The molecule has 0 N–H and O–H groups in total. The summed E-state index contributed by atoms with van der Waals surface area (Å²) in [7, 11) is 0. The second kappa shape index (κ2) is 3.29. The Morgan fingerprint density at radius 3 is 2.08 bits per heavy atom. The highest BCUT2D eigenvalue weighted by Gasteiger charge is 2.44. The highest BCUT2D eigenvalue weighted by Crippen LogP contribution is 2.52. The van der Waals surface area contributed by atoms with E-state index in [1.165, 1.54) is 19.3 Å². The molecule has 0 spiro atoms. The van der Waals surface area contributed by atoms with Crippen LogP contribution in [0.25, 0.3) is 0 Å². The summed E-state index contributed by atoms with van der Waals surface area (Å²) in [6, 6.07) is 0. The van der Waals surface area contributed by atoms with E-state index in [1.54, 1.807) is 0 Å². The molecule has 0 aromatic heterocycles. The summed E-state index contributed by atoms with van der Waals surface area (Å²) in [5.41, 5.74) is 0. The molecule has 2 aliphatic carbocycles. The molecule has 76 valence electrons. The van der Waals surface area contributed by atoms with Crippen molar-refractivity contribution in [1.82, 2.24) is 0 Å². The van der Waals surface area contributed by atoms with Gasteiger partial charge in [-0.05, 0) is 41.9 Å². The lowest BCUT2D eigenvalue weighted by Gasteiger charge is -2.25. The number of hydrogen-bond acceptors (Lipinski definition) is 0. The van der Waals surface area contributed by atoms with Crippen LogP contribution in [-0.2, 0) is 0 Å². The van der Waals surface area contributed by atoms with E-state index >= 15 is 0 Å². The third kappa shape index (κ3) is 1.43. The summed E-state index contributed by atoms with van der Waals surface area (Å²) in [5.74, 6) is 6.06. The fourth-order valence-corrected chi connectivity index (χ4v) is 4.37. The zero-order chi connectivity index (χ0) is 9.59. The quantitative estimate of drug-likeness (QED) is 0.529. The van der Waals surface area contributed by atoms with Crippen LogP contribution in [0.15, 0.2) is 0 Å². The Balaban J connectivity index is 2.22. The van der Waals surface area contributed by atoms with Crippen molar-refractivity contribution in [3.63, 3.8) is 0 Å². The van der Waals surface area contributed by atoms with Crippen LogP contribution in [0.2, 0.25) is 0 Å². The number of rotatable bonds is 0. The van der Waals surface area contributed by atoms with Gasteiger partial charge in [0.15, 0.2) is 0 Å². The highest BCUT2D eigenvalue weighted by molar-refractivity contribution is 4.93. The molecule has 6 unspecified atom stereocenters. The van der Waals surface area contributed by atoms with Crippen LogP contribution in [-0.4, -0.2) is 0 Å². The van der Waals surface area contributed by atoms with E-state index < -0.39 is 0 Å². The van der Waals surface area contributed by atoms with Gasteiger partial charge in [-0.3, -0.25) is 0 Å². The predicted molar refractivity (Wildman–Crippen MR) is 57.5 cm³/mol. The molecule has 2 fully saturated rings. The summed E-state index contributed by atoms with van der Waals surface area (Å²) in [4.78, 5) is 0. The summed E-state index contributed by atoms with van der Waals surface area (Å²) in [5, 5.41) is 0. The van der Waals surface area contributed by atoms with Crippen molar-refractivity contribution in [3.05, 3.63) is 0 Å². The van der Waals surface area contributed by atoms with Gasteiger partial charge in [0, 0.05) is 0 Å². The van der Waals surface area contributed by atoms with Gasteiger partial charge in [-0.2, -0.15) is 0 Å². The van der Waals surface area contributed by atoms with Crippen LogP contribution in [0.1, 0.15) is 47.0 Å². The molecule has 0 aromatic carbocycles. The van der Waals surface area contributed by atoms with Crippen molar-refractivity contribution in [1.29, 1.82) is 0 Å². The normalized spacial score (nSPS) is 56.3. The molecule has 2 rings (SSSR count). The van der Waals surface area contributed by atoms with Gasteiger partial charge in [-0.15, -0.1) is 0 Å². The Morgan fingerprint density at radius 2 is 1.38 bits per heavy atom. The Kier molecular flexibility index (Phi) is 2.42. The van der Waals surface area contributed by atoms with E-state index in [1.807, 2.05) is 0 Å². The van der Waals surface area contributed by atoms with Gasteiger partial charge in [0.1, 0.15) is 0 Å². The SMILES string of the molecule is CC1CCC(C)C2C(C)CC1C2C. The number of hydrogen-bond donors (Lipinski definition) is 0. The van der Waals surface area contributed by atoms with E-state index in [0.29, 0.717) is 0 Å². The van der Waals surface area contributed by atoms with Gasteiger partial charge >= 0.3 is 0 Å². The minimum atomic E-state index is 0.986. The Hall–Kier alpha value is 0. The Morgan fingerprint density at radius 1 is 0.769 bits per heavy atom. The lowest BCUT2D eigenvalue weighted by Crippen LogP contribution is -2.19. The van der Waals surface area contributed by atoms with Crippen molar-refractivity contribution < 1.29 is 0 Å². The topological polar surface area (TPSA) is 0 Å². The maximum Gasteiger partial charge on any atom is -0.0334 e. The largest absolute Gasteiger partial charge is 0.0622 e. The van der Waals surface area contributed by atoms with E-state index in [9.17, 15) is 0 Å². The molecule has 6 atom stereocenters. The molecule has 0 nitrogen and oxygen atoms in total. The van der Waals surface area contributed by atoms with Crippen LogP contribution in [0, 0.1) is 35.5 Å². The van der Waals surface area contributed by atoms with Gasteiger partial charge in [0.25, 0.3) is 0 Å². The first-order chi connectivity index (χ1) is 6.11. The van der Waals surface area contributed by atoms with Crippen molar-refractivity contribution in [2.45, 2.75) is 47.0 Å². The first-order valence-corrected chi connectivity index (χ1v) is 6.11. The summed E-state index contributed by atoms with van der Waals surface area (Å²) in [6.45, 7) is 9.96. The maximum absolute atomic E-state index is 2.51. The van der Waals surface area contributed by atoms with Crippen molar-refractivity contribution in [2.75, 3.05) is 0 Å². The Bertz CT molecular complexity index is 184. The molecular formula is C13H24. The summed E-state index contributed by atoms with van der Waals surface area (Å²) < 4.78 is 0. The average Bonchev–Trinajstić information content (AvgIpc) is 2.32. The van der Waals surface area contributed by atoms with Crippen LogP contribution in [0.4, 0.5) is 0 Å². The minimum Gasteiger partial charge on any atom is -0.0622 e. The van der Waals surface area contributed by atoms with E-state index in [0.717, 1.165) is 35.5 Å². The van der Waals surface area contributed by atoms with Gasteiger partial charge in [-0.1, -0.05) is 40.5 Å². The molecule has 2 saturated carbocycles. The minimum absolute atomic E-state index is 0.986. The van der Waals surface area contributed by atoms with Crippen LogP contribution >= 0.6 is 0 Å². The van der Waals surface area contributed by atoms with E-state index in [4.69, 9.17) is 0 Å². The second-order valence-corrected chi connectivity index (χ2v) is 5.85. The fraction of sp³-hybridized carbons (Fsp3) is 1.00. The first-order valence-electron chi connectivity index (χ1n) is 6.11. The van der Waals surface area contributed by atoms with Crippen LogP contribution in [0.5, 0.6) is 0 Å². The Labute approximate surface area is 83.1 Å². The third-order valence-corrected chi connectivity index (χ3v) is 5.05. The summed E-state index contributed by atoms with van der Waals surface area (Å²) in [6.07, 6.45) is 4.48. The van der Waals surface area contributed by atoms with Crippen LogP contribution < -0.4 is 0 Å². The second-order valence-electron chi connectivity index (χ2n) is 5.85. The number of fused-ring (bicyclic) bond motifs is 2. The van der Waals surface area contributed by atoms with Gasteiger partial charge in [0.2, 0.25) is 0 Å². The molecule has 2 aliphatic rings. The van der Waals surface area contributed by atoms with Gasteiger partial charge < -0.3 is 0 Å². The molecule has 0 amide bonds. The van der Waals surface area contributed by atoms with Gasteiger partial charge in [0.05, 0.1) is 0 Å². The van der Waals surface area contributed by atoms with Crippen molar-refractivity contribution >= 4 is 0 Å². The van der Waals surface area contributed by atoms with E-state index in [-0.39, 0.29) is 0 Å². The maximum atomic E-state index is 2.51. The lowest BCUT2D eigenvalue weighted by molar-refractivity contribution is 0.232. The molecular weight excluding hydrogens is 156 g/mol. The van der Waals surface area contributed by atoms with Gasteiger partial charge in [-0.25, -0.2) is 0 Å². The van der Waals surface area contributed by atoms with E-state index in [2.05, 4.69) is 27.7 Å². The molecule has 0 saturated heterocycles. The smallest absolute Gasteiger partial charge is 0.0334 e. The zero-order valence-corrected chi connectivity index (χ0v) is 9.59. The first kappa shape index (κ1) is 9.55. The van der Waals surface area contributed by atoms with Crippen molar-refractivity contribution in [3.8, 4) is 0 Å². The van der Waals surface area contributed by atoms with Crippen molar-refractivity contribution in [2.24, 2.45) is 35.5 Å². The molecule has 0 aromatic rings. The molecule has 2 bridgehead atoms. The molecule has 0 radical (unpaired) electrons. The summed E-state index contributed by atoms with van der Waals surface area (Å²) >= 11 is 0. The molecule has 0 aliphatic heterocycles. The monoisotopic (exact) mass is 180 g/mol. The molecule has 0 heteroatoms. The molecule has 0 heterocycles. The zero-order valence-electron chi connectivity index (χ0n) is 9.59. The average molecular weight is 180 g/mol. The predicted octanol–water partition coefficient (Wildman–Crippen LogP) is 3.96. The highest BCUT2D eigenvalue weighted by atomic mass is 14.5. The fourth-order valence-electron chi connectivity index (χ4n) is 4.37. The third-order valence-electron chi connectivity index (χ3n) is 5.05. The lowest BCUT2D eigenvalue weighted by atomic mass is 9.80. The van der Waals surface area contributed by atoms with Crippen LogP contribution in [0.3, 0.4) is 0 Å². The standard InChI is InChI=1S/C13H24/c1-8-5-6-9(2)13-10(3)7-12(8)11(13)4/h8-13H,5-7H2,1-4H3.